The zero-order valence-corrected chi connectivity index (χ0v) is 16.4. The second-order valence-corrected chi connectivity index (χ2v) is 9.23. The van der Waals surface area contributed by atoms with Crippen molar-refractivity contribution < 1.29 is 4.42 Å². The van der Waals surface area contributed by atoms with Gasteiger partial charge in [-0.15, -0.1) is 0 Å². The van der Waals surface area contributed by atoms with Gasteiger partial charge in [0, 0.05) is 12.3 Å². The lowest BCUT2D eigenvalue weighted by molar-refractivity contribution is 0.331. The number of rotatable bonds is 3. The van der Waals surface area contributed by atoms with Crippen molar-refractivity contribution in [3.05, 3.63) is 58.0 Å². The molecule has 0 aliphatic heterocycles. The Labute approximate surface area is 147 Å². The summed E-state index contributed by atoms with van der Waals surface area (Å²) in [5, 5.41) is 0. The van der Waals surface area contributed by atoms with Crippen LogP contribution in [-0.2, 0) is 17.3 Å². The Morgan fingerprint density at radius 2 is 1.54 bits per heavy atom. The van der Waals surface area contributed by atoms with Crippen molar-refractivity contribution in [2.75, 3.05) is 0 Å². The topological polar surface area (TPSA) is 13.1 Å². The summed E-state index contributed by atoms with van der Waals surface area (Å²) >= 11 is 0. The molecule has 0 saturated carbocycles. The molecule has 0 unspecified atom stereocenters. The minimum Gasteiger partial charge on any atom is -0.465 e. The van der Waals surface area contributed by atoms with E-state index < -0.39 is 0 Å². The van der Waals surface area contributed by atoms with E-state index in [0.29, 0.717) is 5.92 Å². The first-order chi connectivity index (χ1) is 11.1. The lowest BCUT2D eigenvalue weighted by Gasteiger charge is -2.42. The summed E-state index contributed by atoms with van der Waals surface area (Å²) in [5.41, 5.74) is 6.42. The molecule has 1 aromatic carbocycles. The average Bonchev–Trinajstić information content (AvgIpc) is 2.94. The van der Waals surface area contributed by atoms with Crippen LogP contribution >= 0.6 is 0 Å². The van der Waals surface area contributed by atoms with Gasteiger partial charge in [0.25, 0.3) is 0 Å². The molecule has 130 valence electrons. The van der Waals surface area contributed by atoms with Gasteiger partial charge in [0.05, 0.1) is 0 Å². The highest BCUT2D eigenvalue weighted by molar-refractivity contribution is 5.47. The number of benzene rings is 1. The minimum absolute atomic E-state index is 0.263. The molecule has 1 nitrogen and oxygen atoms in total. The molecule has 0 spiro atoms. The molecule has 0 amide bonds. The fourth-order valence-electron chi connectivity index (χ4n) is 3.94. The molecule has 0 bridgehead atoms. The summed E-state index contributed by atoms with van der Waals surface area (Å²) in [6.45, 7) is 16.2. The SMILES string of the molecule is Cc1cc2c(cc1Cc1ccc(C(C)C)o1)C(C)(C)CCC2(C)C. The van der Waals surface area contributed by atoms with Crippen molar-refractivity contribution in [1.29, 1.82) is 0 Å². The maximum atomic E-state index is 6.04. The van der Waals surface area contributed by atoms with Crippen molar-refractivity contribution in [3.63, 3.8) is 0 Å². The van der Waals surface area contributed by atoms with E-state index in [2.05, 4.69) is 72.7 Å². The van der Waals surface area contributed by atoms with E-state index in [9.17, 15) is 0 Å². The zero-order valence-electron chi connectivity index (χ0n) is 16.4. The van der Waals surface area contributed by atoms with Crippen LogP contribution in [0, 0.1) is 6.92 Å². The molecule has 0 fully saturated rings. The third kappa shape index (κ3) is 3.06. The van der Waals surface area contributed by atoms with E-state index >= 15 is 0 Å². The summed E-state index contributed by atoms with van der Waals surface area (Å²) in [7, 11) is 0. The molecule has 1 aliphatic carbocycles. The predicted octanol–water partition coefficient (Wildman–Crippen LogP) is 6.65. The lowest BCUT2D eigenvalue weighted by Crippen LogP contribution is -2.34. The van der Waals surface area contributed by atoms with Crippen molar-refractivity contribution in [2.45, 2.75) is 84.5 Å². The molecule has 24 heavy (non-hydrogen) atoms. The van der Waals surface area contributed by atoms with Crippen LogP contribution in [0.5, 0.6) is 0 Å². The molecule has 0 radical (unpaired) electrons. The number of aryl methyl sites for hydroxylation is 1. The minimum atomic E-state index is 0.263. The van der Waals surface area contributed by atoms with E-state index in [1.165, 1.54) is 29.5 Å². The maximum absolute atomic E-state index is 6.04. The number of furan rings is 1. The van der Waals surface area contributed by atoms with Gasteiger partial charge in [-0.3, -0.25) is 0 Å². The molecule has 2 aromatic rings. The van der Waals surface area contributed by atoms with Crippen LogP contribution in [0.15, 0.2) is 28.7 Å². The van der Waals surface area contributed by atoms with Gasteiger partial charge < -0.3 is 4.42 Å². The van der Waals surface area contributed by atoms with E-state index in [-0.39, 0.29) is 10.8 Å². The van der Waals surface area contributed by atoms with Crippen molar-refractivity contribution in [2.24, 2.45) is 0 Å². The van der Waals surface area contributed by atoms with Crippen LogP contribution in [0.2, 0.25) is 0 Å². The van der Waals surface area contributed by atoms with E-state index in [0.717, 1.165) is 17.9 Å². The standard InChI is InChI=1S/C23H32O/c1-15(2)21-9-8-18(24-21)13-17-14-20-19(12-16(17)3)22(4,5)10-11-23(20,6)7/h8-9,12,14-15H,10-11,13H2,1-7H3. The fraction of sp³-hybridized carbons (Fsp3) is 0.565. The summed E-state index contributed by atoms with van der Waals surface area (Å²) in [5.74, 6) is 2.61. The van der Waals surface area contributed by atoms with Crippen molar-refractivity contribution in [1.82, 2.24) is 0 Å². The fourth-order valence-corrected chi connectivity index (χ4v) is 3.94. The highest BCUT2D eigenvalue weighted by Gasteiger charge is 2.37. The lowest BCUT2D eigenvalue weighted by atomic mass is 9.62. The second kappa shape index (κ2) is 5.79. The molecular weight excluding hydrogens is 292 g/mol. The van der Waals surface area contributed by atoms with E-state index in [4.69, 9.17) is 4.42 Å². The Balaban J connectivity index is 2.01. The Kier molecular flexibility index (Phi) is 4.18. The van der Waals surface area contributed by atoms with Crippen LogP contribution in [0.4, 0.5) is 0 Å². The second-order valence-electron chi connectivity index (χ2n) is 9.23. The number of hydrogen-bond acceptors (Lipinski definition) is 1. The highest BCUT2D eigenvalue weighted by Crippen LogP contribution is 2.46. The molecule has 1 heteroatoms. The van der Waals surface area contributed by atoms with Crippen LogP contribution in [0.1, 0.15) is 94.1 Å². The van der Waals surface area contributed by atoms with Gasteiger partial charge in [-0.05, 0) is 65.0 Å². The Morgan fingerprint density at radius 3 is 2.08 bits per heavy atom. The molecule has 0 saturated heterocycles. The van der Waals surface area contributed by atoms with Crippen LogP contribution < -0.4 is 0 Å². The van der Waals surface area contributed by atoms with Gasteiger partial charge in [-0.2, -0.15) is 0 Å². The first-order valence-corrected chi connectivity index (χ1v) is 9.33. The molecule has 1 aromatic heterocycles. The van der Waals surface area contributed by atoms with E-state index in [1.54, 1.807) is 5.56 Å². The quantitative estimate of drug-likeness (QED) is 0.616. The highest BCUT2D eigenvalue weighted by atomic mass is 16.3. The van der Waals surface area contributed by atoms with Crippen LogP contribution in [-0.4, -0.2) is 0 Å². The smallest absolute Gasteiger partial charge is 0.108 e. The molecule has 1 heterocycles. The number of hydrogen-bond donors (Lipinski definition) is 0. The summed E-state index contributed by atoms with van der Waals surface area (Å²) in [4.78, 5) is 0. The average molecular weight is 325 g/mol. The maximum Gasteiger partial charge on any atom is 0.108 e. The molecule has 3 rings (SSSR count). The van der Waals surface area contributed by atoms with Gasteiger partial charge in [0.15, 0.2) is 0 Å². The van der Waals surface area contributed by atoms with Gasteiger partial charge in [0.1, 0.15) is 11.5 Å². The monoisotopic (exact) mass is 324 g/mol. The van der Waals surface area contributed by atoms with Gasteiger partial charge in [0.2, 0.25) is 0 Å². The Morgan fingerprint density at radius 1 is 0.958 bits per heavy atom. The van der Waals surface area contributed by atoms with Gasteiger partial charge in [-0.1, -0.05) is 53.7 Å². The largest absolute Gasteiger partial charge is 0.465 e. The van der Waals surface area contributed by atoms with Gasteiger partial charge >= 0.3 is 0 Å². The van der Waals surface area contributed by atoms with Gasteiger partial charge in [-0.25, -0.2) is 0 Å². The Hall–Kier alpha value is -1.50. The normalized spacial score (nSPS) is 18.7. The van der Waals surface area contributed by atoms with Crippen molar-refractivity contribution >= 4 is 0 Å². The third-order valence-electron chi connectivity index (χ3n) is 5.93. The van der Waals surface area contributed by atoms with Crippen molar-refractivity contribution in [3.8, 4) is 0 Å². The zero-order chi connectivity index (χ0) is 17.7. The Bertz CT molecular complexity index is 743. The summed E-state index contributed by atoms with van der Waals surface area (Å²) in [6.07, 6.45) is 3.41. The van der Waals surface area contributed by atoms with Crippen LogP contribution in [0.25, 0.3) is 0 Å². The first-order valence-electron chi connectivity index (χ1n) is 9.33. The van der Waals surface area contributed by atoms with Crippen LogP contribution in [0.3, 0.4) is 0 Å². The predicted molar refractivity (Wildman–Crippen MR) is 102 cm³/mol. The molecule has 1 aliphatic rings. The molecule has 0 atom stereocenters. The van der Waals surface area contributed by atoms with E-state index in [1.807, 2.05) is 0 Å². The third-order valence-corrected chi connectivity index (χ3v) is 5.93. The molecular formula is C23H32O. The first kappa shape index (κ1) is 17.3. The summed E-state index contributed by atoms with van der Waals surface area (Å²) < 4.78 is 6.04. The molecule has 0 N–H and O–H groups in total. The summed E-state index contributed by atoms with van der Waals surface area (Å²) in [6, 6.07) is 9.17. The number of fused-ring (bicyclic) bond motifs is 1.